The van der Waals surface area contributed by atoms with Crippen LogP contribution in [0.3, 0.4) is 0 Å². The number of anilines is 2. The van der Waals surface area contributed by atoms with Crippen molar-refractivity contribution in [3.63, 3.8) is 0 Å². The number of thioether (sulfide) groups is 1. The summed E-state index contributed by atoms with van der Waals surface area (Å²) in [5.74, 6) is 2.69. The Morgan fingerprint density at radius 3 is 2.84 bits per heavy atom. The van der Waals surface area contributed by atoms with Gasteiger partial charge in [0.15, 0.2) is 0 Å². The molecule has 2 rings (SSSR count). The van der Waals surface area contributed by atoms with Crippen LogP contribution >= 0.6 is 11.8 Å². The second-order valence-corrected chi connectivity index (χ2v) is 5.40. The Morgan fingerprint density at radius 1 is 1.47 bits per heavy atom. The lowest BCUT2D eigenvalue weighted by atomic mass is 10.3. The highest BCUT2D eigenvalue weighted by molar-refractivity contribution is 7.99. The van der Waals surface area contributed by atoms with Gasteiger partial charge < -0.3 is 10.2 Å². The number of hydrogen-bond acceptors (Lipinski definition) is 7. The van der Waals surface area contributed by atoms with Gasteiger partial charge in [-0.3, -0.25) is 10.1 Å². The van der Waals surface area contributed by atoms with E-state index in [0.717, 1.165) is 31.0 Å². The molecular weight excluding hydrogens is 266 g/mol. The van der Waals surface area contributed by atoms with E-state index in [1.165, 1.54) is 6.33 Å². The average molecular weight is 283 g/mol. The molecule has 0 unspecified atom stereocenters. The van der Waals surface area contributed by atoms with Gasteiger partial charge in [0, 0.05) is 31.1 Å². The van der Waals surface area contributed by atoms with E-state index >= 15 is 0 Å². The third-order valence-electron chi connectivity index (χ3n) is 2.84. The number of hydrogen-bond donors (Lipinski definition) is 1. The number of nitrogens with one attached hydrogen (secondary N) is 1. The van der Waals surface area contributed by atoms with Gasteiger partial charge in [-0.15, -0.1) is 0 Å². The largest absolute Gasteiger partial charge is 0.364 e. The highest BCUT2D eigenvalue weighted by Gasteiger charge is 2.27. The first-order valence-corrected chi connectivity index (χ1v) is 7.45. The van der Waals surface area contributed by atoms with Crippen LogP contribution in [0.2, 0.25) is 0 Å². The Bertz CT molecular complexity index is 451. The SMILES string of the molecule is CCCNc1ncnc(N2CCSCC2)c1[N+](=O)[O-]. The summed E-state index contributed by atoms with van der Waals surface area (Å²) in [4.78, 5) is 21.0. The normalized spacial score (nSPS) is 15.3. The van der Waals surface area contributed by atoms with Crippen LogP contribution in [0.15, 0.2) is 6.33 Å². The van der Waals surface area contributed by atoms with Crippen molar-refractivity contribution in [1.82, 2.24) is 9.97 Å². The minimum atomic E-state index is -0.394. The molecule has 1 aromatic heterocycles. The van der Waals surface area contributed by atoms with Crippen LogP contribution in [0.5, 0.6) is 0 Å². The molecule has 2 heterocycles. The van der Waals surface area contributed by atoms with Crippen LogP contribution in [0, 0.1) is 10.1 Å². The summed E-state index contributed by atoms with van der Waals surface area (Å²) < 4.78 is 0. The number of aromatic nitrogens is 2. The molecule has 1 aromatic rings. The van der Waals surface area contributed by atoms with Crippen LogP contribution in [0.1, 0.15) is 13.3 Å². The molecule has 0 radical (unpaired) electrons. The van der Waals surface area contributed by atoms with Crippen molar-refractivity contribution in [1.29, 1.82) is 0 Å². The zero-order valence-electron chi connectivity index (χ0n) is 10.8. The van der Waals surface area contributed by atoms with E-state index < -0.39 is 4.92 Å². The maximum Gasteiger partial charge on any atom is 0.353 e. The van der Waals surface area contributed by atoms with Crippen molar-refractivity contribution >= 4 is 29.1 Å². The standard InChI is InChI=1S/C11H17N5O2S/c1-2-3-12-10-9(16(17)18)11(14-8-13-10)15-4-6-19-7-5-15/h8H,2-7H2,1H3,(H,12,13,14). The maximum absolute atomic E-state index is 11.3. The van der Waals surface area contributed by atoms with E-state index in [4.69, 9.17) is 0 Å². The molecule has 0 aromatic carbocycles. The molecule has 0 saturated carbocycles. The van der Waals surface area contributed by atoms with Crippen LogP contribution in [-0.2, 0) is 0 Å². The van der Waals surface area contributed by atoms with E-state index in [9.17, 15) is 10.1 Å². The minimum Gasteiger partial charge on any atom is -0.364 e. The van der Waals surface area contributed by atoms with Crippen molar-refractivity contribution < 1.29 is 4.92 Å². The van der Waals surface area contributed by atoms with Crippen molar-refractivity contribution in [2.75, 3.05) is 41.4 Å². The molecule has 1 saturated heterocycles. The van der Waals surface area contributed by atoms with Gasteiger partial charge in [0.1, 0.15) is 6.33 Å². The molecule has 8 heteroatoms. The van der Waals surface area contributed by atoms with Crippen LogP contribution in [0.25, 0.3) is 0 Å². The van der Waals surface area contributed by atoms with E-state index in [1.807, 2.05) is 23.6 Å². The Labute approximate surface area is 116 Å². The fourth-order valence-electron chi connectivity index (χ4n) is 1.92. The summed E-state index contributed by atoms with van der Waals surface area (Å²) in [6.07, 6.45) is 2.28. The number of rotatable bonds is 5. The van der Waals surface area contributed by atoms with Gasteiger partial charge in [0.05, 0.1) is 4.92 Å². The Hall–Kier alpha value is -1.57. The first-order chi connectivity index (χ1) is 9.24. The molecule has 0 spiro atoms. The molecule has 0 amide bonds. The predicted molar refractivity (Wildman–Crippen MR) is 77.0 cm³/mol. The van der Waals surface area contributed by atoms with Gasteiger partial charge in [-0.25, -0.2) is 9.97 Å². The van der Waals surface area contributed by atoms with Crippen molar-refractivity contribution in [3.05, 3.63) is 16.4 Å². The second kappa shape index (κ2) is 6.55. The highest BCUT2D eigenvalue weighted by Crippen LogP contribution is 2.32. The molecule has 1 fully saturated rings. The van der Waals surface area contributed by atoms with E-state index in [2.05, 4.69) is 15.3 Å². The topological polar surface area (TPSA) is 84.2 Å². The first kappa shape index (κ1) is 13.9. The molecular formula is C11H17N5O2S. The number of nitro groups is 1. The summed E-state index contributed by atoms with van der Waals surface area (Å²) in [6, 6.07) is 0. The fraction of sp³-hybridized carbons (Fsp3) is 0.636. The molecule has 19 heavy (non-hydrogen) atoms. The van der Waals surface area contributed by atoms with Gasteiger partial charge in [-0.05, 0) is 6.42 Å². The monoisotopic (exact) mass is 283 g/mol. The first-order valence-electron chi connectivity index (χ1n) is 6.30. The summed E-state index contributed by atoms with van der Waals surface area (Å²) >= 11 is 1.86. The van der Waals surface area contributed by atoms with Gasteiger partial charge in [0.2, 0.25) is 11.6 Å². The molecule has 1 aliphatic heterocycles. The zero-order valence-corrected chi connectivity index (χ0v) is 11.7. The van der Waals surface area contributed by atoms with Crippen LogP contribution in [0.4, 0.5) is 17.3 Å². The molecule has 7 nitrogen and oxygen atoms in total. The predicted octanol–water partition coefficient (Wildman–Crippen LogP) is 1.76. The lowest BCUT2D eigenvalue weighted by molar-refractivity contribution is -0.383. The average Bonchev–Trinajstić information content (AvgIpc) is 2.45. The smallest absolute Gasteiger partial charge is 0.353 e. The summed E-state index contributed by atoms with van der Waals surface area (Å²) in [5.41, 5.74) is -0.0112. The Kier molecular flexibility index (Phi) is 4.78. The van der Waals surface area contributed by atoms with Crippen LogP contribution in [-0.4, -0.2) is 46.0 Å². The molecule has 0 bridgehead atoms. The quantitative estimate of drug-likeness (QED) is 0.651. The van der Waals surface area contributed by atoms with E-state index in [-0.39, 0.29) is 5.69 Å². The van der Waals surface area contributed by atoms with Crippen LogP contribution < -0.4 is 10.2 Å². The molecule has 104 valence electrons. The zero-order chi connectivity index (χ0) is 13.7. The molecule has 0 aliphatic carbocycles. The highest BCUT2D eigenvalue weighted by atomic mass is 32.2. The fourth-order valence-corrected chi connectivity index (χ4v) is 2.82. The molecule has 1 N–H and O–H groups in total. The maximum atomic E-state index is 11.3. The summed E-state index contributed by atoms with van der Waals surface area (Å²) in [6.45, 7) is 4.24. The summed E-state index contributed by atoms with van der Waals surface area (Å²) in [5, 5.41) is 14.3. The Morgan fingerprint density at radius 2 is 2.21 bits per heavy atom. The minimum absolute atomic E-state index is 0.0112. The van der Waals surface area contributed by atoms with Gasteiger partial charge >= 0.3 is 5.69 Å². The van der Waals surface area contributed by atoms with Crippen molar-refractivity contribution in [2.24, 2.45) is 0 Å². The third kappa shape index (κ3) is 3.25. The van der Waals surface area contributed by atoms with Crippen molar-refractivity contribution in [3.8, 4) is 0 Å². The lowest BCUT2D eigenvalue weighted by Crippen LogP contribution is -2.33. The van der Waals surface area contributed by atoms with Gasteiger partial charge in [-0.2, -0.15) is 11.8 Å². The van der Waals surface area contributed by atoms with E-state index in [0.29, 0.717) is 18.2 Å². The second-order valence-electron chi connectivity index (χ2n) is 4.18. The van der Waals surface area contributed by atoms with Gasteiger partial charge in [-0.1, -0.05) is 6.92 Å². The third-order valence-corrected chi connectivity index (χ3v) is 3.78. The Balaban J connectivity index is 2.32. The van der Waals surface area contributed by atoms with Crippen molar-refractivity contribution in [2.45, 2.75) is 13.3 Å². The summed E-state index contributed by atoms with van der Waals surface area (Å²) in [7, 11) is 0. The molecule has 1 aliphatic rings. The van der Waals surface area contributed by atoms with Gasteiger partial charge in [0.25, 0.3) is 0 Å². The van der Waals surface area contributed by atoms with E-state index in [1.54, 1.807) is 0 Å². The lowest BCUT2D eigenvalue weighted by Gasteiger charge is -2.27. The number of nitrogens with zero attached hydrogens (tertiary/aromatic N) is 4. The molecule has 0 atom stereocenters.